The highest BCUT2D eigenvalue weighted by atomic mass is 32.1. The first-order chi connectivity index (χ1) is 13.4. The van der Waals surface area contributed by atoms with Crippen LogP contribution in [0.25, 0.3) is 0 Å². The van der Waals surface area contributed by atoms with Crippen molar-refractivity contribution in [2.45, 2.75) is 20.8 Å². The van der Waals surface area contributed by atoms with Crippen LogP contribution in [0, 0.1) is 13.8 Å². The Labute approximate surface area is 166 Å². The van der Waals surface area contributed by atoms with Crippen LogP contribution in [0.2, 0.25) is 0 Å². The Morgan fingerprint density at radius 2 is 1.86 bits per heavy atom. The lowest BCUT2D eigenvalue weighted by molar-refractivity contribution is 0.0392. The van der Waals surface area contributed by atoms with E-state index in [4.69, 9.17) is 14.2 Å². The average molecular weight is 406 g/mol. The summed E-state index contributed by atoms with van der Waals surface area (Å²) < 4.78 is 15.1. The van der Waals surface area contributed by atoms with Gasteiger partial charge >= 0.3 is 11.9 Å². The van der Waals surface area contributed by atoms with Gasteiger partial charge in [-0.2, -0.15) is 0 Å². The van der Waals surface area contributed by atoms with Gasteiger partial charge in [-0.15, -0.1) is 11.3 Å². The Morgan fingerprint density at radius 3 is 2.50 bits per heavy atom. The van der Waals surface area contributed by atoms with Crippen LogP contribution in [0.1, 0.15) is 48.7 Å². The van der Waals surface area contributed by atoms with Crippen LogP contribution in [0.3, 0.4) is 0 Å². The van der Waals surface area contributed by atoms with Crippen LogP contribution in [0.4, 0.5) is 5.00 Å². The number of methoxy groups -OCH3 is 1. The Kier molecular flexibility index (Phi) is 7.65. The number of hydrogen-bond acceptors (Lipinski definition) is 8. The molecule has 0 bridgehead atoms. The number of aryl methyl sites for hydroxylation is 1. The Hall–Kier alpha value is -2.78. The molecule has 150 valence electrons. The van der Waals surface area contributed by atoms with Gasteiger partial charge in [-0.1, -0.05) is 6.07 Å². The number of anilines is 1. The fourth-order valence-electron chi connectivity index (χ4n) is 2.37. The van der Waals surface area contributed by atoms with E-state index in [-0.39, 0.29) is 41.0 Å². The topological polar surface area (TPSA) is 104 Å². The minimum absolute atomic E-state index is 0.0797. The molecular formula is C19H22N2O6S. The number of ether oxygens (including phenoxy) is 3. The van der Waals surface area contributed by atoms with Gasteiger partial charge in [0.25, 0.3) is 5.91 Å². The first-order valence-electron chi connectivity index (χ1n) is 8.60. The zero-order valence-electron chi connectivity index (χ0n) is 16.2. The van der Waals surface area contributed by atoms with Crippen LogP contribution in [0.15, 0.2) is 18.2 Å². The number of nitrogens with zero attached hydrogens (tertiary/aromatic N) is 1. The first-order valence-corrected chi connectivity index (χ1v) is 9.42. The lowest BCUT2D eigenvalue weighted by Crippen LogP contribution is -2.16. The molecule has 9 heteroatoms. The number of nitrogens with one attached hydrogen (secondary N) is 1. The number of aromatic nitrogens is 1. The maximum Gasteiger partial charge on any atom is 0.348 e. The molecule has 28 heavy (non-hydrogen) atoms. The third-order valence-electron chi connectivity index (χ3n) is 3.68. The van der Waals surface area contributed by atoms with E-state index in [1.807, 2.05) is 0 Å². The monoisotopic (exact) mass is 406 g/mol. The normalized spacial score (nSPS) is 10.4. The average Bonchev–Trinajstić information content (AvgIpc) is 2.98. The van der Waals surface area contributed by atoms with E-state index >= 15 is 0 Å². The summed E-state index contributed by atoms with van der Waals surface area (Å²) in [6.45, 7) is 5.54. The van der Waals surface area contributed by atoms with E-state index in [2.05, 4.69) is 10.3 Å². The second-order valence-corrected chi connectivity index (χ2v) is 6.75. The van der Waals surface area contributed by atoms with E-state index in [0.717, 1.165) is 11.3 Å². The van der Waals surface area contributed by atoms with E-state index in [1.165, 1.54) is 7.11 Å². The van der Waals surface area contributed by atoms with Crippen molar-refractivity contribution in [2.24, 2.45) is 0 Å². The minimum atomic E-state index is -0.625. The van der Waals surface area contributed by atoms with E-state index < -0.39 is 17.8 Å². The van der Waals surface area contributed by atoms with Crippen molar-refractivity contribution in [3.8, 4) is 0 Å². The van der Waals surface area contributed by atoms with Gasteiger partial charge in [0, 0.05) is 12.8 Å². The number of rotatable bonds is 8. The maximum absolute atomic E-state index is 12.5. The lowest BCUT2D eigenvalue weighted by Gasteiger charge is -2.07. The quantitative estimate of drug-likeness (QED) is 0.531. The molecule has 0 radical (unpaired) electrons. The molecule has 2 heterocycles. The zero-order valence-corrected chi connectivity index (χ0v) is 17.0. The summed E-state index contributed by atoms with van der Waals surface area (Å²) in [4.78, 5) is 41.7. The highest BCUT2D eigenvalue weighted by molar-refractivity contribution is 7.18. The van der Waals surface area contributed by atoms with Crippen LogP contribution in [-0.2, 0) is 14.2 Å². The van der Waals surface area contributed by atoms with Gasteiger partial charge in [0.15, 0.2) is 0 Å². The molecule has 2 aromatic heterocycles. The standard InChI is InChI=1S/C19H22N2O6S/c1-5-26-18(23)14-12(3)15(19(24)27-10-9-25-4)28-17(14)21-16(22)13-8-6-7-11(2)20-13/h6-8H,5,9-10H2,1-4H3,(H,21,22). The summed E-state index contributed by atoms with van der Waals surface area (Å²) in [6.07, 6.45) is 0. The van der Waals surface area contributed by atoms with Crippen LogP contribution in [-0.4, -0.2) is 49.8 Å². The van der Waals surface area contributed by atoms with Gasteiger partial charge in [0.05, 0.1) is 18.8 Å². The van der Waals surface area contributed by atoms with Crippen molar-refractivity contribution in [3.63, 3.8) is 0 Å². The van der Waals surface area contributed by atoms with Crippen molar-refractivity contribution >= 4 is 34.2 Å². The van der Waals surface area contributed by atoms with Gasteiger partial charge in [0.1, 0.15) is 22.2 Å². The van der Waals surface area contributed by atoms with Crippen molar-refractivity contribution in [1.82, 2.24) is 4.98 Å². The lowest BCUT2D eigenvalue weighted by atomic mass is 10.1. The molecule has 0 aliphatic carbocycles. The predicted molar refractivity (Wildman–Crippen MR) is 104 cm³/mol. The Bertz CT molecular complexity index is 877. The largest absolute Gasteiger partial charge is 0.462 e. The molecule has 0 aliphatic rings. The molecule has 0 saturated heterocycles. The van der Waals surface area contributed by atoms with Gasteiger partial charge in [-0.3, -0.25) is 4.79 Å². The number of esters is 2. The number of pyridine rings is 1. The smallest absolute Gasteiger partial charge is 0.348 e. The molecule has 0 saturated carbocycles. The SMILES string of the molecule is CCOC(=O)c1c(NC(=O)c2cccc(C)n2)sc(C(=O)OCCOC)c1C. The number of carbonyl (C=O) groups excluding carboxylic acids is 3. The minimum Gasteiger partial charge on any atom is -0.462 e. The van der Waals surface area contributed by atoms with Crippen LogP contribution < -0.4 is 5.32 Å². The van der Waals surface area contributed by atoms with Crippen LogP contribution in [0.5, 0.6) is 0 Å². The highest BCUT2D eigenvalue weighted by Crippen LogP contribution is 2.34. The van der Waals surface area contributed by atoms with Gasteiger partial charge in [-0.05, 0) is 38.5 Å². The molecule has 0 atom stereocenters. The van der Waals surface area contributed by atoms with E-state index in [1.54, 1.807) is 39.0 Å². The summed E-state index contributed by atoms with van der Waals surface area (Å²) in [7, 11) is 1.50. The molecule has 2 aromatic rings. The summed E-state index contributed by atoms with van der Waals surface area (Å²) >= 11 is 0.958. The predicted octanol–water partition coefficient (Wildman–Crippen LogP) is 2.99. The molecule has 0 aromatic carbocycles. The van der Waals surface area contributed by atoms with E-state index in [0.29, 0.717) is 11.3 Å². The molecule has 2 rings (SSSR count). The van der Waals surface area contributed by atoms with Crippen molar-refractivity contribution < 1.29 is 28.6 Å². The third kappa shape index (κ3) is 5.14. The molecule has 8 nitrogen and oxygen atoms in total. The molecule has 0 aliphatic heterocycles. The van der Waals surface area contributed by atoms with Crippen LogP contribution >= 0.6 is 11.3 Å². The first kappa shape index (κ1) is 21.5. The fraction of sp³-hybridized carbons (Fsp3) is 0.368. The molecule has 0 unspecified atom stereocenters. The molecule has 0 fully saturated rings. The summed E-state index contributed by atoms with van der Waals surface area (Å²) in [5, 5.41) is 2.87. The second kappa shape index (κ2) is 9.95. The van der Waals surface area contributed by atoms with E-state index in [9.17, 15) is 14.4 Å². The number of carbonyl (C=O) groups is 3. The summed E-state index contributed by atoms with van der Waals surface area (Å²) in [5.74, 6) is -1.71. The van der Waals surface area contributed by atoms with Crippen molar-refractivity contribution in [2.75, 3.05) is 32.2 Å². The molecule has 1 amide bonds. The van der Waals surface area contributed by atoms with Crippen molar-refractivity contribution in [1.29, 1.82) is 0 Å². The van der Waals surface area contributed by atoms with Gasteiger partial charge in [0.2, 0.25) is 0 Å². The number of thiophene rings is 1. The Balaban J connectivity index is 2.35. The molecular weight excluding hydrogens is 384 g/mol. The Morgan fingerprint density at radius 1 is 1.11 bits per heavy atom. The van der Waals surface area contributed by atoms with Crippen molar-refractivity contribution in [3.05, 3.63) is 45.6 Å². The summed E-state index contributed by atoms with van der Waals surface area (Å²) in [5.41, 5.74) is 1.40. The fourth-order valence-corrected chi connectivity index (χ4v) is 3.45. The summed E-state index contributed by atoms with van der Waals surface area (Å²) in [6, 6.07) is 5.04. The highest BCUT2D eigenvalue weighted by Gasteiger charge is 2.27. The van der Waals surface area contributed by atoms with Gasteiger partial charge in [-0.25, -0.2) is 14.6 Å². The number of hydrogen-bond donors (Lipinski definition) is 1. The second-order valence-electron chi connectivity index (χ2n) is 5.73. The number of amides is 1. The zero-order chi connectivity index (χ0) is 20.7. The maximum atomic E-state index is 12.5. The third-order valence-corrected chi connectivity index (χ3v) is 4.87. The molecule has 1 N–H and O–H groups in total. The van der Waals surface area contributed by atoms with Gasteiger partial charge < -0.3 is 19.5 Å². The molecule has 0 spiro atoms.